The second-order valence-corrected chi connectivity index (χ2v) is 5.48. The highest BCUT2D eigenvalue weighted by Gasteiger charge is 2.31. The van der Waals surface area contributed by atoms with E-state index in [9.17, 15) is 18.0 Å². The van der Waals surface area contributed by atoms with E-state index in [4.69, 9.17) is 0 Å². The first kappa shape index (κ1) is 14.1. The Morgan fingerprint density at radius 2 is 2.11 bits per heavy atom. The first-order valence-corrected chi connectivity index (χ1v) is 6.92. The zero-order chi connectivity index (χ0) is 14.0. The minimum atomic E-state index is -4.15. The Bertz CT molecular complexity index is 614. The van der Waals surface area contributed by atoms with Crippen molar-refractivity contribution in [2.45, 2.75) is 32.5 Å². The average Bonchev–Trinajstić information content (AvgIpc) is 2.80. The number of hydrogen-bond acceptors (Lipinski definition) is 2. The summed E-state index contributed by atoms with van der Waals surface area (Å²) in [4.78, 5) is 11.6. The van der Waals surface area contributed by atoms with Gasteiger partial charge in [0.25, 0.3) is 0 Å². The van der Waals surface area contributed by atoms with Gasteiger partial charge in [0.05, 0.1) is 10.2 Å². The quantitative estimate of drug-likeness (QED) is 0.832. The molecule has 2 heterocycles. The first-order valence-electron chi connectivity index (χ1n) is 6.04. The van der Waals surface area contributed by atoms with Crippen LogP contribution < -0.4 is 5.43 Å². The number of halogens is 3. The molecule has 0 bridgehead atoms. The fourth-order valence-corrected chi connectivity index (χ4v) is 2.95. The third kappa shape index (κ3) is 3.37. The van der Waals surface area contributed by atoms with Crippen LogP contribution in [0.4, 0.5) is 13.2 Å². The van der Waals surface area contributed by atoms with E-state index in [1.54, 1.807) is 29.1 Å². The zero-order valence-electron chi connectivity index (χ0n) is 10.4. The lowest BCUT2D eigenvalue weighted by Gasteiger charge is -2.19. The molecule has 0 saturated carbocycles. The number of thiophene rings is 1. The van der Waals surface area contributed by atoms with Crippen LogP contribution in [0, 0.1) is 5.92 Å². The molecule has 0 aliphatic carbocycles. The summed E-state index contributed by atoms with van der Waals surface area (Å²) in [5.41, 5.74) is 0.642. The molecule has 0 fully saturated rings. The molecule has 19 heavy (non-hydrogen) atoms. The third-order valence-corrected chi connectivity index (χ3v) is 4.05. The van der Waals surface area contributed by atoms with E-state index in [0.717, 1.165) is 5.52 Å². The van der Waals surface area contributed by atoms with Crippen LogP contribution >= 0.6 is 11.3 Å². The fraction of sp³-hybridized carbons (Fsp3) is 0.462. The largest absolute Gasteiger partial charge is 0.389 e. The standard InChI is InChI=1S/C13H14F3NOS/c1-2-9(7-13(14,15)16)8-17-5-3-11(18)12-10(17)4-6-19-12/h3-6,9H,2,7-8H2,1H3. The number of alkyl halides is 3. The van der Waals surface area contributed by atoms with Crippen molar-refractivity contribution in [3.8, 4) is 0 Å². The number of fused-ring (bicyclic) bond motifs is 1. The molecule has 0 aromatic carbocycles. The Kier molecular flexibility index (Phi) is 3.99. The van der Waals surface area contributed by atoms with E-state index in [0.29, 0.717) is 11.1 Å². The smallest absolute Gasteiger partial charge is 0.346 e. The van der Waals surface area contributed by atoms with E-state index in [-0.39, 0.29) is 12.0 Å². The van der Waals surface area contributed by atoms with Crippen molar-refractivity contribution >= 4 is 21.6 Å². The highest BCUT2D eigenvalue weighted by atomic mass is 32.1. The van der Waals surface area contributed by atoms with Gasteiger partial charge in [0.1, 0.15) is 0 Å². The minimum absolute atomic E-state index is 0.0786. The van der Waals surface area contributed by atoms with Gasteiger partial charge in [0.15, 0.2) is 5.43 Å². The molecule has 6 heteroatoms. The summed E-state index contributed by atoms with van der Waals surface area (Å²) in [7, 11) is 0. The van der Waals surface area contributed by atoms with E-state index >= 15 is 0 Å². The topological polar surface area (TPSA) is 22.0 Å². The lowest BCUT2D eigenvalue weighted by molar-refractivity contribution is -0.145. The van der Waals surface area contributed by atoms with Crippen molar-refractivity contribution in [1.29, 1.82) is 0 Å². The van der Waals surface area contributed by atoms with Crippen LogP contribution in [0.1, 0.15) is 19.8 Å². The Morgan fingerprint density at radius 3 is 2.74 bits per heavy atom. The summed E-state index contributed by atoms with van der Waals surface area (Å²) in [6.07, 6.45) is -2.90. The molecule has 0 aliphatic rings. The second kappa shape index (κ2) is 5.36. The minimum Gasteiger partial charge on any atom is -0.346 e. The molecule has 2 nitrogen and oxygen atoms in total. The average molecular weight is 289 g/mol. The van der Waals surface area contributed by atoms with Gasteiger partial charge in [-0.15, -0.1) is 11.3 Å². The van der Waals surface area contributed by atoms with Crippen LogP contribution in [0.2, 0.25) is 0 Å². The molecule has 0 amide bonds. The molecule has 0 spiro atoms. The van der Waals surface area contributed by atoms with Crippen LogP contribution in [-0.2, 0) is 6.54 Å². The Morgan fingerprint density at radius 1 is 1.37 bits per heavy atom. The van der Waals surface area contributed by atoms with Crippen molar-refractivity contribution in [2.75, 3.05) is 0 Å². The van der Waals surface area contributed by atoms with Crippen LogP contribution in [0.15, 0.2) is 28.5 Å². The molecule has 0 N–H and O–H groups in total. The molecule has 0 aliphatic heterocycles. The molecule has 2 rings (SSSR count). The summed E-state index contributed by atoms with van der Waals surface area (Å²) < 4.78 is 39.7. The molecule has 0 radical (unpaired) electrons. The summed E-state index contributed by atoms with van der Waals surface area (Å²) >= 11 is 1.32. The Hall–Kier alpha value is -1.30. The number of hydrogen-bond donors (Lipinski definition) is 0. The van der Waals surface area contributed by atoms with Crippen molar-refractivity contribution in [3.63, 3.8) is 0 Å². The molecular formula is C13H14F3NOS. The van der Waals surface area contributed by atoms with Crippen LogP contribution in [-0.4, -0.2) is 10.7 Å². The van der Waals surface area contributed by atoms with Gasteiger partial charge in [-0.05, 0) is 17.4 Å². The zero-order valence-corrected chi connectivity index (χ0v) is 11.2. The predicted octanol–water partition coefficient (Wildman–Crippen LogP) is 4.04. The highest BCUT2D eigenvalue weighted by molar-refractivity contribution is 7.17. The van der Waals surface area contributed by atoms with Crippen molar-refractivity contribution in [3.05, 3.63) is 33.9 Å². The van der Waals surface area contributed by atoms with Gasteiger partial charge >= 0.3 is 6.18 Å². The van der Waals surface area contributed by atoms with Gasteiger partial charge in [-0.25, -0.2) is 0 Å². The normalized spacial score (nSPS) is 13.9. The van der Waals surface area contributed by atoms with Gasteiger partial charge in [-0.3, -0.25) is 4.79 Å². The maximum absolute atomic E-state index is 12.5. The van der Waals surface area contributed by atoms with E-state index in [2.05, 4.69) is 0 Å². The molecule has 1 atom stereocenters. The monoisotopic (exact) mass is 289 g/mol. The molecule has 2 aromatic heterocycles. The summed E-state index contributed by atoms with van der Waals surface area (Å²) in [6, 6.07) is 3.20. The molecule has 2 aromatic rings. The van der Waals surface area contributed by atoms with Crippen molar-refractivity contribution < 1.29 is 13.2 Å². The van der Waals surface area contributed by atoms with Gasteiger partial charge in [0, 0.05) is 25.2 Å². The lowest BCUT2D eigenvalue weighted by Crippen LogP contribution is -2.20. The van der Waals surface area contributed by atoms with Crippen LogP contribution in [0.3, 0.4) is 0 Å². The number of pyridine rings is 1. The number of rotatable bonds is 4. The summed E-state index contributed by atoms with van der Waals surface area (Å²) in [6.45, 7) is 2.03. The van der Waals surface area contributed by atoms with Gasteiger partial charge in [-0.2, -0.15) is 13.2 Å². The Labute approximate surface area is 112 Å². The Balaban J connectivity index is 2.27. The van der Waals surface area contributed by atoms with E-state index in [1.807, 2.05) is 0 Å². The van der Waals surface area contributed by atoms with Crippen molar-refractivity contribution in [2.24, 2.45) is 5.92 Å². The van der Waals surface area contributed by atoms with Gasteiger partial charge < -0.3 is 4.57 Å². The lowest BCUT2D eigenvalue weighted by atomic mass is 10.0. The summed E-state index contributed by atoms with van der Waals surface area (Å²) in [5, 5.41) is 1.78. The molecule has 0 saturated heterocycles. The fourth-order valence-electron chi connectivity index (χ4n) is 2.13. The summed E-state index contributed by atoms with van der Waals surface area (Å²) in [5.74, 6) is -0.467. The predicted molar refractivity (Wildman–Crippen MR) is 70.5 cm³/mol. The van der Waals surface area contributed by atoms with Crippen LogP contribution in [0.5, 0.6) is 0 Å². The third-order valence-electron chi connectivity index (χ3n) is 3.14. The number of nitrogens with zero attached hydrogens (tertiary/aromatic N) is 1. The van der Waals surface area contributed by atoms with Gasteiger partial charge in [0.2, 0.25) is 0 Å². The highest BCUT2D eigenvalue weighted by Crippen LogP contribution is 2.28. The molecule has 104 valence electrons. The second-order valence-electron chi connectivity index (χ2n) is 4.56. The molecule has 1 unspecified atom stereocenters. The van der Waals surface area contributed by atoms with Crippen LogP contribution in [0.25, 0.3) is 10.2 Å². The van der Waals surface area contributed by atoms with Gasteiger partial charge in [-0.1, -0.05) is 13.3 Å². The van der Waals surface area contributed by atoms with E-state index < -0.39 is 18.5 Å². The maximum atomic E-state index is 12.5. The van der Waals surface area contributed by atoms with E-state index in [1.165, 1.54) is 17.4 Å². The number of aromatic nitrogens is 1. The first-order chi connectivity index (χ1) is 8.90. The SMILES string of the molecule is CCC(Cn1ccc(=O)c2sccc21)CC(F)(F)F. The van der Waals surface area contributed by atoms with Crippen molar-refractivity contribution in [1.82, 2.24) is 4.57 Å². The molecular weight excluding hydrogens is 275 g/mol. The maximum Gasteiger partial charge on any atom is 0.389 e.